The van der Waals surface area contributed by atoms with Crippen LogP contribution in [0, 0.1) is 0 Å². The molecule has 1 aromatic heterocycles. The van der Waals surface area contributed by atoms with Crippen molar-refractivity contribution < 1.29 is 0 Å². The first-order chi connectivity index (χ1) is 7.86. The van der Waals surface area contributed by atoms with Crippen molar-refractivity contribution in [3.05, 3.63) is 5.82 Å². The molecule has 0 radical (unpaired) electrons. The van der Waals surface area contributed by atoms with Gasteiger partial charge in [0.25, 0.3) is 0 Å². The quantitative estimate of drug-likeness (QED) is 0.839. The highest BCUT2D eigenvalue weighted by Crippen LogP contribution is 2.33. The van der Waals surface area contributed by atoms with Crippen molar-refractivity contribution in [3.63, 3.8) is 0 Å². The maximum atomic E-state index is 5.56. The number of thioether (sulfide) groups is 1. The molecule has 0 spiro atoms. The molecule has 0 amide bonds. The van der Waals surface area contributed by atoms with E-state index in [9.17, 15) is 0 Å². The van der Waals surface area contributed by atoms with E-state index in [-0.39, 0.29) is 12.4 Å². The first kappa shape index (κ1) is 14.8. The van der Waals surface area contributed by atoms with Gasteiger partial charge in [-0.2, -0.15) is 0 Å². The molecule has 0 atom stereocenters. The van der Waals surface area contributed by atoms with Gasteiger partial charge in [-0.3, -0.25) is 0 Å². The van der Waals surface area contributed by atoms with Crippen LogP contribution in [0.25, 0.3) is 0 Å². The van der Waals surface area contributed by atoms with Crippen LogP contribution in [0.5, 0.6) is 0 Å². The van der Waals surface area contributed by atoms with E-state index >= 15 is 0 Å². The molecule has 2 rings (SSSR count). The Morgan fingerprint density at radius 2 is 2.06 bits per heavy atom. The second kappa shape index (κ2) is 7.24. The highest BCUT2D eigenvalue weighted by molar-refractivity contribution is 7.98. The lowest BCUT2D eigenvalue weighted by molar-refractivity contribution is 0.461. The summed E-state index contributed by atoms with van der Waals surface area (Å²) < 4.78 is 2.35. The standard InChI is InChI=1S/C11H20N4S.ClH/c1-16-11-14-13-10(7-4-8-12)15(11)9-5-2-3-6-9;/h9H,2-8,12H2,1H3;1H. The molecular weight excluding hydrogens is 256 g/mol. The van der Waals surface area contributed by atoms with E-state index < -0.39 is 0 Å². The number of nitrogens with two attached hydrogens (primary N) is 1. The van der Waals surface area contributed by atoms with Crippen molar-refractivity contribution in [3.8, 4) is 0 Å². The SMILES string of the molecule is CSc1nnc(CCCN)n1C1CCCC1.Cl. The summed E-state index contributed by atoms with van der Waals surface area (Å²) in [7, 11) is 0. The Morgan fingerprint density at radius 1 is 1.35 bits per heavy atom. The van der Waals surface area contributed by atoms with E-state index in [2.05, 4.69) is 21.0 Å². The second-order valence-corrected chi connectivity index (χ2v) is 5.08. The molecule has 1 aliphatic carbocycles. The highest BCUT2D eigenvalue weighted by Gasteiger charge is 2.23. The molecule has 98 valence electrons. The Balaban J connectivity index is 0.00000144. The lowest BCUT2D eigenvalue weighted by Gasteiger charge is -2.15. The van der Waals surface area contributed by atoms with Crippen LogP contribution in [0.3, 0.4) is 0 Å². The van der Waals surface area contributed by atoms with Crippen molar-refractivity contribution in [1.29, 1.82) is 0 Å². The lowest BCUT2D eigenvalue weighted by Crippen LogP contribution is -2.12. The summed E-state index contributed by atoms with van der Waals surface area (Å²) in [5.74, 6) is 1.13. The number of aromatic nitrogens is 3. The molecular formula is C11H21ClN4S. The zero-order valence-corrected chi connectivity index (χ0v) is 11.9. The van der Waals surface area contributed by atoms with Gasteiger partial charge in [0.05, 0.1) is 0 Å². The van der Waals surface area contributed by atoms with E-state index in [0.717, 1.165) is 30.4 Å². The number of halogens is 1. The normalized spacial score (nSPS) is 16.1. The minimum Gasteiger partial charge on any atom is -0.330 e. The Morgan fingerprint density at radius 3 is 2.65 bits per heavy atom. The van der Waals surface area contributed by atoms with Crippen molar-refractivity contribution in [2.75, 3.05) is 12.8 Å². The van der Waals surface area contributed by atoms with Crippen LogP contribution in [0.1, 0.15) is 44.0 Å². The molecule has 1 saturated carbocycles. The molecule has 1 aromatic rings. The van der Waals surface area contributed by atoms with E-state index in [1.54, 1.807) is 11.8 Å². The molecule has 0 saturated heterocycles. The third kappa shape index (κ3) is 3.36. The largest absolute Gasteiger partial charge is 0.330 e. The van der Waals surface area contributed by atoms with Gasteiger partial charge in [-0.1, -0.05) is 24.6 Å². The van der Waals surface area contributed by atoms with Gasteiger partial charge in [-0.05, 0) is 32.1 Å². The lowest BCUT2D eigenvalue weighted by atomic mass is 10.2. The van der Waals surface area contributed by atoms with Crippen LogP contribution in [0.2, 0.25) is 0 Å². The van der Waals surface area contributed by atoms with Gasteiger partial charge in [-0.15, -0.1) is 22.6 Å². The van der Waals surface area contributed by atoms with E-state index in [1.807, 2.05) is 0 Å². The zero-order valence-electron chi connectivity index (χ0n) is 10.3. The number of hydrogen-bond acceptors (Lipinski definition) is 4. The fourth-order valence-electron chi connectivity index (χ4n) is 2.41. The van der Waals surface area contributed by atoms with Crippen molar-refractivity contribution in [2.45, 2.75) is 49.7 Å². The average molecular weight is 277 g/mol. The molecule has 1 heterocycles. The molecule has 0 aromatic carbocycles. The summed E-state index contributed by atoms with van der Waals surface area (Å²) in [5.41, 5.74) is 5.56. The van der Waals surface area contributed by atoms with Gasteiger partial charge in [0, 0.05) is 12.5 Å². The summed E-state index contributed by atoms with van der Waals surface area (Å²) in [6.07, 6.45) is 9.27. The predicted octanol–water partition coefficient (Wildman–Crippen LogP) is 2.43. The Labute approximate surface area is 113 Å². The smallest absolute Gasteiger partial charge is 0.191 e. The molecule has 0 unspecified atom stereocenters. The van der Waals surface area contributed by atoms with Gasteiger partial charge in [0.15, 0.2) is 5.16 Å². The Hall–Kier alpha value is -0.260. The van der Waals surface area contributed by atoms with Gasteiger partial charge in [-0.25, -0.2) is 0 Å². The number of aryl methyl sites for hydroxylation is 1. The van der Waals surface area contributed by atoms with Crippen LogP contribution >= 0.6 is 24.2 Å². The maximum Gasteiger partial charge on any atom is 0.191 e. The summed E-state index contributed by atoms with van der Waals surface area (Å²) >= 11 is 1.69. The molecule has 2 N–H and O–H groups in total. The molecule has 6 heteroatoms. The van der Waals surface area contributed by atoms with Gasteiger partial charge >= 0.3 is 0 Å². The van der Waals surface area contributed by atoms with Gasteiger partial charge in [0.2, 0.25) is 0 Å². The van der Waals surface area contributed by atoms with Gasteiger partial charge in [0.1, 0.15) is 5.82 Å². The van der Waals surface area contributed by atoms with Crippen molar-refractivity contribution in [2.24, 2.45) is 5.73 Å². The average Bonchev–Trinajstić information content (AvgIpc) is 2.94. The molecule has 1 fully saturated rings. The van der Waals surface area contributed by atoms with Crippen LogP contribution in [0.15, 0.2) is 5.16 Å². The molecule has 4 nitrogen and oxygen atoms in total. The topological polar surface area (TPSA) is 56.7 Å². The number of rotatable bonds is 5. The van der Waals surface area contributed by atoms with Crippen molar-refractivity contribution in [1.82, 2.24) is 14.8 Å². The zero-order chi connectivity index (χ0) is 11.4. The fraction of sp³-hybridized carbons (Fsp3) is 0.818. The summed E-state index contributed by atoms with van der Waals surface area (Å²) in [6, 6.07) is 0.630. The molecule has 0 bridgehead atoms. The summed E-state index contributed by atoms with van der Waals surface area (Å²) in [4.78, 5) is 0. The van der Waals surface area contributed by atoms with E-state index in [0.29, 0.717) is 6.04 Å². The molecule has 17 heavy (non-hydrogen) atoms. The van der Waals surface area contributed by atoms with Crippen LogP contribution < -0.4 is 5.73 Å². The highest BCUT2D eigenvalue weighted by atomic mass is 35.5. The Kier molecular flexibility index (Phi) is 6.30. The third-order valence-electron chi connectivity index (χ3n) is 3.21. The van der Waals surface area contributed by atoms with Crippen LogP contribution in [-0.4, -0.2) is 27.6 Å². The monoisotopic (exact) mass is 276 g/mol. The maximum absolute atomic E-state index is 5.56. The summed E-state index contributed by atoms with van der Waals surface area (Å²) in [5, 5.41) is 9.64. The number of nitrogens with zero attached hydrogens (tertiary/aromatic N) is 3. The van der Waals surface area contributed by atoms with Crippen LogP contribution in [-0.2, 0) is 6.42 Å². The Bertz CT molecular complexity index is 336. The van der Waals surface area contributed by atoms with Crippen molar-refractivity contribution >= 4 is 24.2 Å². The van der Waals surface area contributed by atoms with Gasteiger partial charge < -0.3 is 10.3 Å². The van der Waals surface area contributed by atoms with E-state index in [1.165, 1.54) is 25.7 Å². The molecule has 0 aliphatic heterocycles. The van der Waals surface area contributed by atoms with Crippen LogP contribution in [0.4, 0.5) is 0 Å². The number of hydrogen-bond donors (Lipinski definition) is 1. The summed E-state index contributed by atoms with van der Waals surface area (Å²) in [6.45, 7) is 0.728. The second-order valence-electron chi connectivity index (χ2n) is 4.30. The molecule has 1 aliphatic rings. The first-order valence-electron chi connectivity index (χ1n) is 6.04. The predicted molar refractivity (Wildman–Crippen MR) is 73.9 cm³/mol. The minimum atomic E-state index is 0. The fourth-order valence-corrected chi connectivity index (χ4v) is 2.98. The van der Waals surface area contributed by atoms with E-state index in [4.69, 9.17) is 5.73 Å². The third-order valence-corrected chi connectivity index (χ3v) is 3.86. The first-order valence-corrected chi connectivity index (χ1v) is 7.27. The minimum absolute atomic E-state index is 0.